The van der Waals surface area contributed by atoms with E-state index < -0.39 is 20.5 Å². The van der Waals surface area contributed by atoms with Gasteiger partial charge in [0.15, 0.2) is 0 Å². The van der Waals surface area contributed by atoms with Crippen LogP contribution < -0.4 is 4.57 Å². The molecule has 9 nitrogen and oxygen atoms in total. The van der Waals surface area contributed by atoms with Crippen LogP contribution in [0.4, 0.5) is 0 Å². The lowest BCUT2D eigenvalue weighted by atomic mass is 10.3. The first kappa shape index (κ1) is 18.7. The van der Waals surface area contributed by atoms with Crippen molar-refractivity contribution in [3.8, 4) is 0 Å². The molecule has 20 heavy (non-hydrogen) atoms. The third-order valence-electron chi connectivity index (χ3n) is 2.05. The van der Waals surface area contributed by atoms with Crippen LogP contribution in [0.15, 0.2) is 24.1 Å². The Labute approximate surface area is 117 Å². The van der Waals surface area contributed by atoms with Gasteiger partial charge in [0.2, 0.25) is 10.4 Å². The molecule has 0 aliphatic rings. The lowest BCUT2D eigenvalue weighted by Gasteiger charge is -1.98. The van der Waals surface area contributed by atoms with E-state index in [-0.39, 0.29) is 5.16 Å². The average molecular weight is 328 g/mol. The zero-order valence-corrected chi connectivity index (χ0v) is 12.3. The van der Waals surface area contributed by atoms with Crippen molar-refractivity contribution in [3.63, 3.8) is 0 Å². The molecular formula is C9H16N2O7S2. The second-order valence-electron chi connectivity index (χ2n) is 3.62. The van der Waals surface area contributed by atoms with Gasteiger partial charge < -0.3 is 4.55 Å². The third-order valence-corrected chi connectivity index (χ3v) is 2.96. The molecule has 0 radical (unpaired) electrons. The van der Waals surface area contributed by atoms with Crippen LogP contribution >= 0.6 is 0 Å². The molecule has 1 aromatic rings. The van der Waals surface area contributed by atoms with Crippen LogP contribution in [0.2, 0.25) is 0 Å². The highest BCUT2D eigenvalue weighted by molar-refractivity contribution is 7.85. The summed E-state index contributed by atoms with van der Waals surface area (Å²) in [6, 6.07) is 0. The van der Waals surface area contributed by atoms with E-state index in [0.29, 0.717) is 6.54 Å². The molecule has 0 atom stereocenters. The predicted octanol–water partition coefficient (Wildman–Crippen LogP) is -0.0725. The van der Waals surface area contributed by atoms with E-state index in [1.807, 2.05) is 6.92 Å². The number of hydrogen-bond donors (Lipinski definition) is 2. The molecule has 11 heteroatoms. The second-order valence-corrected chi connectivity index (χ2v) is 5.79. The largest absolute Gasteiger partial charge is 0.726 e. The van der Waals surface area contributed by atoms with Crippen LogP contribution in [-0.4, -0.2) is 35.1 Å². The highest BCUT2D eigenvalue weighted by atomic mass is 32.3. The number of aromatic nitrogens is 2. The van der Waals surface area contributed by atoms with Crippen molar-refractivity contribution in [2.75, 3.05) is 0 Å². The molecule has 0 fully saturated rings. The van der Waals surface area contributed by atoms with Gasteiger partial charge in [-0.2, -0.15) is 13.0 Å². The molecule has 116 valence electrons. The standard InChI is InChI=1S/C9H14N2O3S.H2O4S/c1-3-5-6-11-8-7-10(4-2)9(11)15(12,13)14;1-5(2,3)4/h4,7-8H,2-3,5-6H2,1H3;(H2,1,2,3,4). The molecule has 0 saturated heterocycles. The van der Waals surface area contributed by atoms with Crippen molar-refractivity contribution in [2.45, 2.75) is 31.5 Å². The second kappa shape index (κ2) is 7.50. The SMILES string of the molecule is C=Cn1cc[n+](CCCC)c1S(=O)(=O)O.O=S(=O)([O-])O. The summed E-state index contributed by atoms with van der Waals surface area (Å²) in [6.45, 7) is 6.05. The summed E-state index contributed by atoms with van der Waals surface area (Å²) < 4.78 is 66.9. The molecule has 0 aromatic carbocycles. The summed E-state index contributed by atoms with van der Waals surface area (Å²) in [4.78, 5) is 0. The summed E-state index contributed by atoms with van der Waals surface area (Å²) in [6.07, 6.45) is 6.31. The lowest BCUT2D eigenvalue weighted by molar-refractivity contribution is -0.734. The van der Waals surface area contributed by atoms with E-state index in [2.05, 4.69) is 6.58 Å². The van der Waals surface area contributed by atoms with Crippen LogP contribution in [0.25, 0.3) is 6.20 Å². The molecule has 0 unspecified atom stereocenters. The molecule has 2 N–H and O–H groups in total. The Bertz CT molecular complexity index is 638. The molecule has 0 bridgehead atoms. The number of rotatable bonds is 5. The maximum Gasteiger partial charge on any atom is 0.407 e. The third kappa shape index (κ3) is 7.35. The fraction of sp³-hybridized carbons (Fsp3) is 0.444. The number of aryl methyl sites for hydroxylation is 1. The van der Waals surface area contributed by atoms with Gasteiger partial charge >= 0.3 is 15.3 Å². The smallest absolute Gasteiger partial charge is 0.407 e. The minimum absolute atomic E-state index is 0.147. The van der Waals surface area contributed by atoms with Crippen LogP contribution in [0.3, 0.4) is 0 Å². The molecule has 1 aromatic heterocycles. The highest BCUT2D eigenvalue weighted by Crippen LogP contribution is 2.04. The predicted molar refractivity (Wildman–Crippen MR) is 68.1 cm³/mol. The summed E-state index contributed by atoms with van der Waals surface area (Å²) in [5.74, 6) is 0. The summed E-state index contributed by atoms with van der Waals surface area (Å²) in [5, 5.41) is -0.147. The van der Waals surface area contributed by atoms with Crippen LogP contribution in [-0.2, 0) is 27.1 Å². The molecule has 1 rings (SSSR count). The summed E-state index contributed by atoms with van der Waals surface area (Å²) >= 11 is 0. The van der Waals surface area contributed by atoms with E-state index >= 15 is 0 Å². The fourth-order valence-electron chi connectivity index (χ4n) is 1.35. The maximum atomic E-state index is 11.1. The Kier molecular flexibility index (Phi) is 7.02. The van der Waals surface area contributed by atoms with E-state index in [1.165, 1.54) is 15.3 Å². The molecule has 0 saturated carbocycles. The van der Waals surface area contributed by atoms with Gasteiger partial charge in [-0.3, -0.25) is 9.11 Å². The monoisotopic (exact) mass is 328 g/mol. The Hall–Kier alpha value is -1.27. The van der Waals surface area contributed by atoms with Gasteiger partial charge in [0.25, 0.3) is 0 Å². The number of imidazole rings is 1. The van der Waals surface area contributed by atoms with E-state index in [0.717, 1.165) is 12.8 Å². The Morgan fingerprint density at radius 3 is 2.25 bits per heavy atom. The average Bonchev–Trinajstić information content (AvgIpc) is 2.66. The maximum absolute atomic E-state index is 11.1. The van der Waals surface area contributed by atoms with Gasteiger partial charge in [-0.1, -0.05) is 19.9 Å². The minimum Gasteiger partial charge on any atom is -0.726 e. The quantitative estimate of drug-likeness (QED) is 0.438. The molecule has 1 heterocycles. The lowest BCUT2D eigenvalue weighted by Crippen LogP contribution is -2.38. The molecule has 0 aliphatic heterocycles. The van der Waals surface area contributed by atoms with E-state index in [4.69, 9.17) is 22.1 Å². The molecule has 0 spiro atoms. The molecule has 0 aliphatic carbocycles. The number of hydrogen-bond acceptors (Lipinski definition) is 5. The number of unbranched alkanes of at least 4 members (excludes halogenated alkanes) is 1. The summed E-state index contributed by atoms with van der Waals surface area (Å²) in [5.41, 5.74) is 0. The van der Waals surface area contributed by atoms with Crippen LogP contribution in [0.5, 0.6) is 0 Å². The summed E-state index contributed by atoms with van der Waals surface area (Å²) in [7, 11) is -9.13. The Morgan fingerprint density at radius 1 is 1.40 bits per heavy atom. The number of nitrogens with zero attached hydrogens (tertiary/aromatic N) is 2. The highest BCUT2D eigenvalue weighted by Gasteiger charge is 2.28. The van der Waals surface area contributed by atoms with Crippen molar-refractivity contribution in [1.29, 1.82) is 0 Å². The van der Waals surface area contributed by atoms with E-state index in [1.54, 1.807) is 12.4 Å². The minimum atomic E-state index is -4.92. The van der Waals surface area contributed by atoms with Gasteiger partial charge in [-0.05, 0) is 6.42 Å². The first-order valence-electron chi connectivity index (χ1n) is 5.39. The van der Waals surface area contributed by atoms with Crippen molar-refractivity contribution in [3.05, 3.63) is 19.0 Å². The van der Waals surface area contributed by atoms with Gasteiger partial charge in [0.05, 0.1) is 12.7 Å². The first-order chi connectivity index (χ1) is 9.00. The topological polar surface area (TPSA) is 141 Å². The zero-order chi connectivity index (χ0) is 16.0. The van der Waals surface area contributed by atoms with Crippen molar-refractivity contribution in [1.82, 2.24) is 4.57 Å². The van der Waals surface area contributed by atoms with E-state index in [9.17, 15) is 8.42 Å². The van der Waals surface area contributed by atoms with Crippen molar-refractivity contribution < 1.29 is 35.1 Å². The zero-order valence-electron chi connectivity index (χ0n) is 10.7. The van der Waals surface area contributed by atoms with Gasteiger partial charge in [-0.25, -0.2) is 13.0 Å². The van der Waals surface area contributed by atoms with Crippen molar-refractivity contribution >= 4 is 26.7 Å². The first-order valence-corrected chi connectivity index (χ1v) is 8.19. The van der Waals surface area contributed by atoms with Gasteiger partial charge in [0.1, 0.15) is 12.4 Å². The van der Waals surface area contributed by atoms with Crippen LogP contribution in [0, 0.1) is 0 Å². The normalized spacial score (nSPS) is 11.6. The fourth-order valence-corrected chi connectivity index (χ4v) is 2.20. The Morgan fingerprint density at radius 2 is 1.90 bits per heavy atom. The van der Waals surface area contributed by atoms with Gasteiger partial charge in [0, 0.05) is 0 Å². The van der Waals surface area contributed by atoms with Crippen LogP contribution in [0.1, 0.15) is 19.8 Å². The molecule has 0 amide bonds. The molecular weight excluding hydrogens is 312 g/mol. The van der Waals surface area contributed by atoms with Gasteiger partial charge in [-0.15, -0.1) is 0 Å². The van der Waals surface area contributed by atoms with Crippen molar-refractivity contribution in [2.24, 2.45) is 0 Å². The Balaban J connectivity index is 0.000000621.